The lowest BCUT2D eigenvalue weighted by molar-refractivity contribution is 0.0834. The summed E-state index contributed by atoms with van der Waals surface area (Å²) in [6.45, 7) is 1.13. The van der Waals surface area contributed by atoms with E-state index >= 15 is 0 Å². The van der Waals surface area contributed by atoms with Crippen molar-refractivity contribution in [2.75, 3.05) is 20.3 Å². The quantitative estimate of drug-likeness (QED) is 0.792. The molecule has 2 aromatic rings. The number of para-hydroxylation sites is 1. The lowest BCUT2D eigenvalue weighted by atomic mass is 10.2. The monoisotopic (exact) mass is 379 g/mol. The first-order valence-corrected chi connectivity index (χ1v) is 9.99. The number of hydrogen-bond donors (Lipinski definition) is 1. The van der Waals surface area contributed by atoms with Crippen LogP contribution < -0.4 is 10.1 Å². The largest absolute Gasteiger partial charge is 0.495 e. The van der Waals surface area contributed by atoms with E-state index in [0.717, 1.165) is 12.8 Å². The Kier molecular flexibility index (Phi) is 5.63. The zero-order valence-corrected chi connectivity index (χ0v) is 15.3. The van der Waals surface area contributed by atoms with Crippen molar-refractivity contribution in [2.45, 2.75) is 29.6 Å². The van der Waals surface area contributed by atoms with Gasteiger partial charge in [-0.15, -0.1) is 0 Å². The summed E-state index contributed by atoms with van der Waals surface area (Å²) in [4.78, 5) is 12.2. The van der Waals surface area contributed by atoms with Gasteiger partial charge in [-0.25, -0.2) is 8.42 Å². The predicted molar refractivity (Wildman–Crippen MR) is 93.9 cm³/mol. The fraction of sp³-hybridized carbons (Fsp3) is 0.389. The third-order valence-electron chi connectivity index (χ3n) is 4.14. The fourth-order valence-corrected chi connectivity index (χ4v) is 4.25. The Morgan fingerprint density at radius 3 is 2.81 bits per heavy atom. The molecule has 8 heteroatoms. The molecule has 1 aliphatic rings. The number of rotatable bonds is 7. The molecule has 2 heterocycles. The average Bonchev–Trinajstić information content (AvgIpc) is 3.31. The molecular weight excluding hydrogens is 358 g/mol. The molecule has 140 valence electrons. The molecule has 0 bridgehead atoms. The van der Waals surface area contributed by atoms with Crippen LogP contribution in [0.25, 0.3) is 0 Å². The average molecular weight is 379 g/mol. The maximum atomic E-state index is 12.6. The van der Waals surface area contributed by atoms with Crippen molar-refractivity contribution in [2.24, 2.45) is 0 Å². The normalized spacial score (nSPS) is 17.2. The van der Waals surface area contributed by atoms with E-state index in [1.165, 1.54) is 25.3 Å². The van der Waals surface area contributed by atoms with Gasteiger partial charge < -0.3 is 19.2 Å². The van der Waals surface area contributed by atoms with Crippen LogP contribution in [0, 0.1) is 0 Å². The van der Waals surface area contributed by atoms with Gasteiger partial charge in [-0.05, 0) is 37.1 Å². The van der Waals surface area contributed by atoms with E-state index in [1.54, 1.807) is 18.2 Å². The van der Waals surface area contributed by atoms with Crippen LogP contribution in [-0.4, -0.2) is 40.7 Å². The first-order chi connectivity index (χ1) is 12.5. The molecule has 1 atom stereocenters. The van der Waals surface area contributed by atoms with E-state index in [0.29, 0.717) is 13.2 Å². The maximum absolute atomic E-state index is 12.6. The van der Waals surface area contributed by atoms with Gasteiger partial charge in [0.05, 0.1) is 13.2 Å². The van der Waals surface area contributed by atoms with Gasteiger partial charge in [-0.3, -0.25) is 4.79 Å². The second-order valence-electron chi connectivity index (χ2n) is 6.02. The Balaban J connectivity index is 1.66. The Morgan fingerprint density at radius 1 is 1.27 bits per heavy atom. The third-order valence-corrected chi connectivity index (χ3v) is 5.81. The van der Waals surface area contributed by atoms with Gasteiger partial charge in [0.2, 0.25) is 0 Å². The van der Waals surface area contributed by atoms with E-state index in [1.807, 2.05) is 0 Å². The molecule has 1 aromatic heterocycles. The number of furan rings is 1. The fourth-order valence-electron chi connectivity index (χ4n) is 2.82. The van der Waals surface area contributed by atoms with Crippen molar-refractivity contribution < 1.29 is 27.1 Å². The van der Waals surface area contributed by atoms with Crippen molar-refractivity contribution in [1.29, 1.82) is 0 Å². The number of carbonyl (C=O) groups is 1. The topological polar surface area (TPSA) is 94.8 Å². The predicted octanol–water partition coefficient (Wildman–Crippen LogP) is 2.17. The highest BCUT2D eigenvalue weighted by atomic mass is 32.2. The van der Waals surface area contributed by atoms with E-state index in [4.69, 9.17) is 13.9 Å². The number of sulfone groups is 1. The molecule has 1 saturated heterocycles. The van der Waals surface area contributed by atoms with Crippen LogP contribution in [0.15, 0.2) is 45.7 Å². The summed E-state index contributed by atoms with van der Waals surface area (Å²) < 4.78 is 41.2. The smallest absolute Gasteiger partial charge is 0.287 e. The molecule has 0 aliphatic carbocycles. The highest BCUT2D eigenvalue weighted by Gasteiger charge is 2.23. The van der Waals surface area contributed by atoms with Gasteiger partial charge >= 0.3 is 0 Å². The Labute approximate surface area is 152 Å². The molecule has 1 N–H and O–H groups in total. The standard InChI is InChI=1S/C18H21NO6S/c1-23-15-6-2-3-7-17(15)26(21,22)12-14-8-9-16(25-14)18(20)19-11-13-5-4-10-24-13/h2-3,6-9,13H,4-5,10-12H2,1H3,(H,19,20)/t13-/m0/s1. The summed E-state index contributed by atoms with van der Waals surface area (Å²) in [6, 6.07) is 9.35. The maximum Gasteiger partial charge on any atom is 0.287 e. The van der Waals surface area contributed by atoms with Crippen molar-refractivity contribution in [3.8, 4) is 5.75 Å². The molecule has 1 aromatic carbocycles. The lowest BCUT2D eigenvalue weighted by Crippen LogP contribution is -2.31. The first-order valence-electron chi connectivity index (χ1n) is 8.34. The molecule has 3 rings (SSSR count). The summed E-state index contributed by atoms with van der Waals surface area (Å²) in [5.74, 6) is -0.201. The SMILES string of the molecule is COc1ccccc1S(=O)(=O)Cc1ccc(C(=O)NC[C@@H]2CCCO2)o1. The first kappa shape index (κ1) is 18.5. The molecule has 0 radical (unpaired) electrons. The van der Waals surface area contributed by atoms with E-state index < -0.39 is 9.84 Å². The van der Waals surface area contributed by atoms with Crippen molar-refractivity contribution in [3.63, 3.8) is 0 Å². The summed E-state index contributed by atoms with van der Waals surface area (Å²) in [5.41, 5.74) is 0. The molecule has 0 unspecified atom stereocenters. The number of amides is 1. The van der Waals surface area contributed by atoms with Crippen LogP contribution in [0.2, 0.25) is 0 Å². The van der Waals surface area contributed by atoms with Gasteiger partial charge in [-0.2, -0.15) is 0 Å². The molecule has 1 amide bonds. The zero-order valence-electron chi connectivity index (χ0n) is 14.4. The highest BCUT2D eigenvalue weighted by Crippen LogP contribution is 2.26. The van der Waals surface area contributed by atoms with E-state index in [-0.39, 0.29) is 39.9 Å². The van der Waals surface area contributed by atoms with Crippen LogP contribution >= 0.6 is 0 Å². The van der Waals surface area contributed by atoms with E-state index in [2.05, 4.69) is 5.32 Å². The van der Waals surface area contributed by atoms with Gasteiger partial charge in [0.15, 0.2) is 15.6 Å². The molecule has 0 saturated carbocycles. The minimum atomic E-state index is -3.66. The summed E-state index contributed by atoms with van der Waals surface area (Å²) in [5, 5.41) is 2.74. The molecule has 0 spiro atoms. The van der Waals surface area contributed by atoms with Gasteiger partial charge in [0, 0.05) is 13.2 Å². The Hall–Kier alpha value is -2.32. The second kappa shape index (κ2) is 7.92. The molecule has 1 aliphatic heterocycles. The van der Waals surface area contributed by atoms with Crippen molar-refractivity contribution in [1.82, 2.24) is 5.32 Å². The number of benzene rings is 1. The minimum Gasteiger partial charge on any atom is -0.495 e. The lowest BCUT2D eigenvalue weighted by Gasteiger charge is -2.09. The van der Waals surface area contributed by atoms with Crippen LogP contribution in [0.3, 0.4) is 0 Å². The van der Waals surface area contributed by atoms with Gasteiger partial charge in [-0.1, -0.05) is 12.1 Å². The van der Waals surface area contributed by atoms with Crippen LogP contribution in [0.5, 0.6) is 5.75 Å². The van der Waals surface area contributed by atoms with E-state index in [9.17, 15) is 13.2 Å². The Bertz CT molecular complexity index is 867. The van der Waals surface area contributed by atoms with Gasteiger partial charge in [0.25, 0.3) is 5.91 Å². The summed E-state index contributed by atoms with van der Waals surface area (Å²) >= 11 is 0. The van der Waals surface area contributed by atoms with Crippen molar-refractivity contribution >= 4 is 15.7 Å². The molecule has 7 nitrogen and oxygen atoms in total. The minimum absolute atomic E-state index is 0.0271. The number of methoxy groups -OCH3 is 1. The zero-order chi connectivity index (χ0) is 18.6. The Morgan fingerprint density at radius 2 is 2.08 bits per heavy atom. The third kappa shape index (κ3) is 4.25. The summed E-state index contributed by atoms with van der Waals surface area (Å²) in [6.07, 6.45) is 1.94. The number of hydrogen-bond acceptors (Lipinski definition) is 6. The highest BCUT2D eigenvalue weighted by molar-refractivity contribution is 7.90. The number of nitrogens with one attached hydrogen (secondary N) is 1. The summed E-state index contributed by atoms with van der Waals surface area (Å²) in [7, 11) is -2.25. The van der Waals surface area contributed by atoms with Crippen LogP contribution in [0.1, 0.15) is 29.2 Å². The molecule has 26 heavy (non-hydrogen) atoms. The number of carbonyl (C=O) groups excluding carboxylic acids is 1. The van der Waals surface area contributed by atoms with Gasteiger partial charge in [0.1, 0.15) is 22.2 Å². The second-order valence-corrected chi connectivity index (χ2v) is 7.98. The molecular formula is C18H21NO6S. The molecule has 1 fully saturated rings. The van der Waals surface area contributed by atoms with Crippen LogP contribution in [-0.2, 0) is 20.3 Å². The van der Waals surface area contributed by atoms with Crippen LogP contribution in [0.4, 0.5) is 0 Å². The number of ether oxygens (including phenoxy) is 2. The van der Waals surface area contributed by atoms with Crippen molar-refractivity contribution in [3.05, 3.63) is 47.9 Å².